The SMILES string of the molecule is CN(C)c1nc(C2(c3ccccc3)CCNCC2)cs1. The van der Waals surface area contributed by atoms with Gasteiger partial charge in [0.1, 0.15) is 0 Å². The molecule has 1 aliphatic rings. The van der Waals surface area contributed by atoms with Crippen LogP contribution in [0.4, 0.5) is 5.13 Å². The van der Waals surface area contributed by atoms with E-state index in [1.54, 1.807) is 11.3 Å². The van der Waals surface area contributed by atoms with Gasteiger partial charge in [0.2, 0.25) is 0 Å². The third-order valence-electron chi connectivity index (χ3n) is 4.15. The minimum absolute atomic E-state index is 0.0806. The van der Waals surface area contributed by atoms with Gasteiger partial charge in [-0.05, 0) is 31.5 Å². The Morgan fingerprint density at radius 3 is 2.45 bits per heavy atom. The molecule has 1 aromatic heterocycles. The van der Waals surface area contributed by atoms with Crippen molar-refractivity contribution in [3.8, 4) is 0 Å². The number of thiazole rings is 1. The van der Waals surface area contributed by atoms with Gasteiger partial charge < -0.3 is 10.2 Å². The molecule has 0 bridgehead atoms. The molecule has 0 unspecified atom stereocenters. The van der Waals surface area contributed by atoms with Gasteiger partial charge in [-0.3, -0.25) is 0 Å². The summed E-state index contributed by atoms with van der Waals surface area (Å²) in [5.41, 5.74) is 2.72. The van der Waals surface area contributed by atoms with E-state index in [-0.39, 0.29) is 5.41 Å². The number of piperidine rings is 1. The summed E-state index contributed by atoms with van der Waals surface area (Å²) in [7, 11) is 4.11. The fourth-order valence-corrected chi connectivity index (χ4v) is 3.85. The summed E-state index contributed by atoms with van der Waals surface area (Å²) in [4.78, 5) is 6.99. The molecule has 0 radical (unpaired) electrons. The van der Waals surface area contributed by atoms with Crippen molar-refractivity contribution in [3.63, 3.8) is 0 Å². The third kappa shape index (κ3) is 2.34. The zero-order valence-electron chi connectivity index (χ0n) is 12.1. The monoisotopic (exact) mass is 287 g/mol. The summed E-state index contributed by atoms with van der Waals surface area (Å²) in [5.74, 6) is 0. The molecule has 106 valence electrons. The molecule has 1 N–H and O–H groups in total. The van der Waals surface area contributed by atoms with Gasteiger partial charge in [-0.1, -0.05) is 30.3 Å². The van der Waals surface area contributed by atoms with Crippen LogP contribution in [0.2, 0.25) is 0 Å². The minimum Gasteiger partial charge on any atom is -0.354 e. The van der Waals surface area contributed by atoms with Crippen molar-refractivity contribution in [2.75, 3.05) is 32.1 Å². The summed E-state index contributed by atoms with van der Waals surface area (Å²) < 4.78 is 0. The molecule has 1 aliphatic heterocycles. The van der Waals surface area contributed by atoms with Crippen molar-refractivity contribution in [3.05, 3.63) is 47.0 Å². The van der Waals surface area contributed by atoms with Gasteiger partial charge in [-0.2, -0.15) is 0 Å². The van der Waals surface area contributed by atoms with Crippen molar-refractivity contribution < 1.29 is 0 Å². The van der Waals surface area contributed by atoms with Gasteiger partial charge in [0.25, 0.3) is 0 Å². The molecule has 20 heavy (non-hydrogen) atoms. The zero-order chi connectivity index (χ0) is 14.0. The number of nitrogens with one attached hydrogen (secondary N) is 1. The lowest BCUT2D eigenvalue weighted by atomic mass is 9.71. The van der Waals surface area contributed by atoms with Gasteiger partial charge in [0.05, 0.1) is 5.69 Å². The van der Waals surface area contributed by atoms with Crippen LogP contribution in [-0.2, 0) is 5.41 Å². The normalized spacial score (nSPS) is 17.9. The van der Waals surface area contributed by atoms with Crippen LogP contribution in [-0.4, -0.2) is 32.2 Å². The fourth-order valence-electron chi connectivity index (χ4n) is 2.99. The van der Waals surface area contributed by atoms with Crippen molar-refractivity contribution in [2.45, 2.75) is 18.3 Å². The molecule has 2 heterocycles. The van der Waals surface area contributed by atoms with Crippen LogP contribution in [0.3, 0.4) is 0 Å². The van der Waals surface area contributed by atoms with Crippen LogP contribution < -0.4 is 10.2 Å². The highest BCUT2D eigenvalue weighted by molar-refractivity contribution is 7.13. The molecule has 0 atom stereocenters. The molecule has 2 aromatic rings. The van der Waals surface area contributed by atoms with Crippen molar-refractivity contribution in [1.29, 1.82) is 0 Å². The molecule has 4 heteroatoms. The number of hydrogen-bond acceptors (Lipinski definition) is 4. The Morgan fingerprint density at radius 2 is 1.85 bits per heavy atom. The first kappa shape index (κ1) is 13.6. The maximum atomic E-state index is 4.90. The predicted molar refractivity (Wildman–Crippen MR) is 85.8 cm³/mol. The topological polar surface area (TPSA) is 28.2 Å². The third-order valence-corrected chi connectivity index (χ3v) is 5.16. The Labute approximate surface area is 124 Å². The van der Waals surface area contributed by atoms with E-state index in [9.17, 15) is 0 Å². The van der Waals surface area contributed by atoms with Gasteiger partial charge in [0.15, 0.2) is 5.13 Å². The molecule has 3 nitrogen and oxygen atoms in total. The maximum absolute atomic E-state index is 4.90. The van der Waals surface area contributed by atoms with Crippen LogP contribution in [0.15, 0.2) is 35.7 Å². The smallest absolute Gasteiger partial charge is 0.185 e. The molecule has 0 spiro atoms. The number of benzene rings is 1. The van der Waals surface area contributed by atoms with E-state index in [1.807, 2.05) is 0 Å². The second-order valence-electron chi connectivity index (χ2n) is 5.61. The quantitative estimate of drug-likeness (QED) is 0.941. The summed E-state index contributed by atoms with van der Waals surface area (Å²) in [6.45, 7) is 2.12. The fraction of sp³-hybridized carbons (Fsp3) is 0.438. The lowest BCUT2D eigenvalue weighted by Gasteiger charge is -2.37. The number of nitrogens with zero attached hydrogens (tertiary/aromatic N) is 2. The summed E-state index contributed by atoms with van der Waals surface area (Å²) >= 11 is 1.74. The van der Waals surface area contributed by atoms with E-state index >= 15 is 0 Å². The average molecular weight is 287 g/mol. The van der Waals surface area contributed by atoms with E-state index < -0.39 is 0 Å². The Hall–Kier alpha value is -1.39. The Balaban J connectivity index is 2.05. The highest BCUT2D eigenvalue weighted by atomic mass is 32.1. The van der Waals surface area contributed by atoms with E-state index in [0.29, 0.717) is 0 Å². The minimum atomic E-state index is 0.0806. The highest BCUT2D eigenvalue weighted by Gasteiger charge is 2.37. The average Bonchev–Trinajstić information content (AvgIpc) is 2.99. The van der Waals surface area contributed by atoms with Crippen LogP contribution in [0.1, 0.15) is 24.1 Å². The van der Waals surface area contributed by atoms with E-state index in [4.69, 9.17) is 4.98 Å². The Bertz CT molecular complexity index is 556. The molecule has 0 saturated carbocycles. The highest BCUT2D eigenvalue weighted by Crippen LogP contribution is 2.41. The second kappa shape index (κ2) is 5.54. The molecule has 0 aliphatic carbocycles. The Morgan fingerprint density at radius 1 is 1.15 bits per heavy atom. The second-order valence-corrected chi connectivity index (χ2v) is 6.44. The lowest BCUT2D eigenvalue weighted by molar-refractivity contribution is 0.356. The summed E-state index contributed by atoms with van der Waals surface area (Å²) in [5, 5.41) is 6.81. The van der Waals surface area contributed by atoms with Crippen molar-refractivity contribution in [2.24, 2.45) is 0 Å². The largest absolute Gasteiger partial charge is 0.354 e. The summed E-state index contributed by atoms with van der Waals surface area (Å²) in [6, 6.07) is 10.9. The predicted octanol–water partition coefficient (Wildman–Crippen LogP) is 2.88. The van der Waals surface area contributed by atoms with E-state index in [0.717, 1.165) is 31.1 Å². The van der Waals surface area contributed by atoms with Crippen LogP contribution in [0.5, 0.6) is 0 Å². The summed E-state index contributed by atoms with van der Waals surface area (Å²) in [6.07, 6.45) is 2.24. The first-order valence-corrected chi connectivity index (χ1v) is 8.00. The Kier molecular flexibility index (Phi) is 3.76. The maximum Gasteiger partial charge on any atom is 0.185 e. The van der Waals surface area contributed by atoms with Crippen molar-refractivity contribution >= 4 is 16.5 Å². The van der Waals surface area contributed by atoms with E-state index in [1.165, 1.54) is 11.3 Å². The molecular formula is C16H21N3S. The molecule has 0 amide bonds. The van der Waals surface area contributed by atoms with Crippen LogP contribution in [0.25, 0.3) is 0 Å². The first-order valence-electron chi connectivity index (χ1n) is 7.12. The first-order chi connectivity index (χ1) is 9.72. The van der Waals surface area contributed by atoms with Crippen LogP contribution in [0, 0.1) is 0 Å². The van der Waals surface area contributed by atoms with E-state index in [2.05, 4.69) is 60.0 Å². The molecule has 1 aromatic carbocycles. The number of anilines is 1. The van der Waals surface area contributed by atoms with Gasteiger partial charge >= 0.3 is 0 Å². The van der Waals surface area contributed by atoms with Crippen molar-refractivity contribution in [1.82, 2.24) is 10.3 Å². The van der Waals surface area contributed by atoms with Gasteiger partial charge in [0, 0.05) is 24.9 Å². The molecule has 1 saturated heterocycles. The van der Waals surface area contributed by atoms with Crippen LogP contribution >= 0.6 is 11.3 Å². The standard InChI is InChI=1S/C16H21N3S/c1-19(2)15-18-14(12-20-15)16(8-10-17-11-9-16)13-6-4-3-5-7-13/h3-7,12,17H,8-11H2,1-2H3. The zero-order valence-corrected chi connectivity index (χ0v) is 12.9. The van der Waals surface area contributed by atoms with Gasteiger partial charge in [-0.25, -0.2) is 4.98 Å². The number of hydrogen-bond donors (Lipinski definition) is 1. The molecular weight excluding hydrogens is 266 g/mol. The lowest BCUT2D eigenvalue weighted by Crippen LogP contribution is -2.41. The number of rotatable bonds is 3. The molecule has 1 fully saturated rings. The number of aromatic nitrogens is 1. The van der Waals surface area contributed by atoms with Gasteiger partial charge in [-0.15, -0.1) is 11.3 Å². The molecule has 3 rings (SSSR count).